The molecule has 24 heavy (non-hydrogen) atoms. The van der Waals surface area contributed by atoms with Gasteiger partial charge in [0.05, 0.1) is 23.5 Å². The summed E-state index contributed by atoms with van der Waals surface area (Å²) in [7, 11) is 0. The smallest absolute Gasteiger partial charge is 0.296 e. The Morgan fingerprint density at radius 3 is 2.50 bits per heavy atom. The number of nitrogens with one attached hydrogen (secondary N) is 1. The summed E-state index contributed by atoms with van der Waals surface area (Å²) in [6, 6.07) is 13.8. The molecule has 0 radical (unpaired) electrons. The zero-order valence-electron chi connectivity index (χ0n) is 13.7. The van der Waals surface area contributed by atoms with E-state index in [9.17, 15) is 14.9 Å². The topological polar surface area (TPSA) is 81.5 Å². The Morgan fingerprint density at radius 2 is 1.92 bits per heavy atom. The summed E-state index contributed by atoms with van der Waals surface area (Å²) in [5.41, 5.74) is 0.867. The third-order valence-corrected chi connectivity index (χ3v) is 3.66. The Bertz CT molecular complexity index is 716. The molecule has 6 nitrogen and oxygen atoms in total. The van der Waals surface area contributed by atoms with Crippen molar-refractivity contribution in [3.63, 3.8) is 0 Å². The second-order valence-corrected chi connectivity index (χ2v) is 5.23. The van der Waals surface area contributed by atoms with Gasteiger partial charge in [0, 0.05) is 0 Å². The van der Waals surface area contributed by atoms with Crippen molar-refractivity contribution in [1.29, 1.82) is 0 Å². The SMILES string of the molecule is CCOc1ccc(NC(=O)C(CC)c2ccccc2)c([N+](=O)[O-])c1. The summed E-state index contributed by atoms with van der Waals surface area (Å²) in [6.07, 6.45) is 0.598. The molecule has 126 valence electrons. The minimum absolute atomic E-state index is 0.169. The zero-order valence-corrected chi connectivity index (χ0v) is 13.7. The molecule has 2 rings (SSSR count). The molecule has 2 aromatic carbocycles. The molecule has 1 unspecified atom stereocenters. The van der Waals surface area contributed by atoms with Crippen molar-refractivity contribution in [2.75, 3.05) is 11.9 Å². The molecule has 1 N–H and O–H groups in total. The normalized spacial score (nSPS) is 11.6. The molecule has 0 fully saturated rings. The largest absolute Gasteiger partial charge is 0.494 e. The lowest BCUT2D eigenvalue weighted by atomic mass is 9.95. The molecule has 1 atom stereocenters. The van der Waals surface area contributed by atoms with Crippen LogP contribution in [0.15, 0.2) is 48.5 Å². The van der Waals surface area contributed by atoms with E-state index < -0.39 is 4.92 Å². The molecule has 0 bridgehead atoms. The van der Waals surface area contributed by atoms with E-state index in [0.29, 0.717) is 18.8 Å². The molecule has 6 heteroatoms. The number of anilines is 1. The number of ether oxygens (including phenoxy) is 1. The van der Waals surface area contributed by atoms with Crippen LogP contribution in [-0.4, -0.2) is 17.4 Å². The van der Waals surface area contributed by atoms with E-state index in [1.54, 1.807) is 13.0 Å². The van der Waals surface area contributed by atoms with E-state index in [0.717, 1.165) is 5.56 Å². The van der Waals surface area contributed by atoms with Crippen molar-refractivity contribution < 1.29 is 14.5 Å². The Balaban J connectivity index is 2.26. The quantitative estimate of drug-likeness (QED) is 0.612. The predicted molar refractivity (Wildman–Crippen MR) is 92.4 cm³/mol. The fourth-order valence-corrected chi connectivity index (χ4v) is 2.50. The summed E-state index contributed by atoms with van der Waals surface area (Å²) in [6.45, 7) is 4.12. The van der Waals surface area contributed by atoms with Crippen molar-refractivity contribution in [3.8, 4) is 5.75 Å². The monoisotopic (exact) mass is 328 g/mol. The Hall–Kier alpha value is -2.89. The van der Waals surface area contributed by atoms with E-state index in [2.05, 4.69) is 5.32 Å². The van der Waals surface area contributed by atoms with E-state index in [-0.39, 0.29) is 23.2 Å². The second-order valence-electron chi connectivity index (χ2n) is 5.23. The zero-order chi connectivity index (χ0) is 17.5. The first kappa shape index (κ1) is 17.5. The van der Waals surface area contributed by atoms with Crippen molar-refractivity contribution in [1.82, 2.24) is 0 Å². The van der Waals surface area contributed by atoms with Crippen LogP contribution in [0.5, 0.6) is 5.75 Å². The van der Waals surface area contributed by atoms with Gasteiger partial charge in [-0.1, -0.05) is 37.3 Å². The van der Waals surface area contributed by atoms with E-state index >= 15 is 0 Å². The molecule has 0 saturated heterocycles. The van der Waals surface area contributed by atoms with Gasteiger partial charge in [-0.15, -0.1) is 0 Å². The molecule has 0 aliphatic rings. The summed E-state index contributed by atoms with van der Waals surface area (Å²) < 4.78 is 5.28. The van der Waals surface area contributed by atoms with Crippen molar-refractivity contribution in [3.05, 3.63) is 64.2 Å². The highest BCUT2D eigenvalue weighted by Gasteiger charge is 2.22. The summed E-state index contributed by atoms with van der Waals surface area (Å²) >= 11 is 0. The lowest BCUT2D eigenvalue weighted by Crippen LogP contribution is -2.21. The predicted octanol–water partition coefficient (Wildman–Crippen LogP) is 4.13. The van der Waals surface area contributed by atoms with Crippen LogP contribution in [0.3, 0.4) is 0 Å². The maximum Gasteiger partial charge on any atom is 0.296 e. The van der Waals surface area contributed by atoms with Gasteiger partial charge in [-0.2, -0.15) is 0 Å². The minimum atomic E-state index is -0.526. The number of rotatable bonds is 7. The summed E-state index contributed by atoms with van der Waals surface area (Å²) in [5.74, 6) is -0.231. The van der Waals surface area contributed by atoms with Gasteiger partial charge in [0.25, 0.3) is 5.69 Å². The molecule has 0 aromatic heterocycles. The van der Waals surface area contributed by atoms with Crippen molar-refractivity contribution in [2.24, 2.45) is 0 Å². The minimum Gasteiger partial charge on any atom is -0.494 e. The van der Waals surface area contributed by atoms with E-state index in [4.69, 9.17) is 4.74 Å². The maximum absolute atomic E-state index is 12.6. The van der Waals surface area contributed by atoms with Gasteiger partial charge in [0.2, 0.25) is 5.91 Å². The Kier molecular flexibility index (Phi) is 5.89. The third kappa shape index (κ3) is 4.10. The second kappa shape index (κ2) is 8.10. The third-order valence-electron chi connectivity index (χ3n) is 3.66. The molecule has 2 aromatic rings. The first-order valence-corrected chi connectivity index (χ1v) is 7.83. The molecular weight excluding hydrogens is 308 g/mol. The maximum atomic E-state index is 12.6. The molecular formula is C18H20N2O4. The first-order valence-electron chi connectivity index (χ1n) is 7.83. The molecule has 0 saturated carbocycles. The molecule has 0 heterocycles. The van der Waals surface area contributed by atoms with E-state index in [1.165, 1.54) is 12.1 Å². The van der Waals surface area contributed by atoms with Crippen LogP contribution in [0.25, 0.3) is 0 Å². The molecule has 0 aliphatic heterocycles. The molecule has 0 aliphatic carbocycles. The first-order chi connectivity index (χ1) is 11.6. The van der Waals surface area contributed by atoms with Gasteiger partial charge in [0.1, 0.15) is 11.4 Å². The number of nitro groups is 1. The fourth-order valence-electron chi connectivity index (χ4n) is 2.50. The van der Waals surface area contributed by atoms with Crippen LogP contribution in [0, 0.1) is 10.1 Å². The van der Waals surface area contributed by atoms with E-state index in [1.807, 2.05) is 37.3 Å². The van der Waals surface area contributed by atoms with Gasteiger partial charge in [-0.3, -0.25) is 14.9 Å². The average molecular weight is 328 g/mol. The number of hydrogen-bond donors (Lipinski definition) is 1. The number of carbonyl (C=O) groups is 1. The fraction of sp³-hybridized carbons (Fsp3) is 0.278. The van der Waals surface area contributed by atoms with Crippen LogP contribution < -0.4 is 10.1 Å². The standard InChI is InChI=1S/C18H20N2O4/c1-3-15(13-8-6-5-7-9-13)18(21)19-16-11-10-14(24-4-2)12-17(16)20(22)23/h5-12,15H,3-4H2,1-2H3,(H,19,21). The number of hydrogen-bond acceptors (Lipinski definition) is 4. The number of amides is 1. The Labute approximate surface area is 140 Å². The number of carbonyl (C=O) groups excluding carboxylic acids is 1. The Morgan fingerprint density at radius 1 is 1.21 bits per heavy atom. The highest BCUT2D eigenvalue weighted by atomic mass is 16.6. The number of benzene rings is 2. The van der Waals surface area contributed by atoms with Gasteiger partial charge >= 0.3 is 0 Å². The van der Waals surface area contributed by atoms with Crippen LogP contribution in [-0.2, 0) is 4.79 Å². The summed E-state index contributed by atoms with van der Waals surface area (Å²) in [4.78, 5) is 23.3. The lowest BCUT2D eigenvalue weighted by Gasteiger charge is -2.15. The number of nitrogens with zero attached hydrogens (tertiary/aromatic N) is 1. The van der Waals surface area contributed by atoms with Crippen LogP contribution in [0.4, 0.5) is 11.4 Å². The van der Waals surface area contributed by atoms with Gasteiger partial charge in [-0.05, 0) is 31.0 Å². The van der Waals surface area contributed by atoms with Gasteiger partial charge in [0.15, 0.2) is 0 Å². The van der Waals surface area contributed by atoms with Gasteiger partial charge in [-0.25, -0.2) is 0 Å². The highest BCUT2D eigenvalue weighted by Crippen LogP contribution is 2.30. The van der Waals surface area contributed by atoms with Crippen molar-refractivity contribution in [2.45, 2.75) is 26.2 Å². The van der Waals surface area contributed by atoms with Crippen LogP contribution >= 0.6 is 0 Å². The summed E-state index contributed by atoms with van der Waals surface area (Å²) in [5, 5.41) is 13.9. The molecule has 1 amide bonds. The average Bonchev–Trinajstić information content (AvgIpc) is 2.58. The highest BCUT2D eigenvalue weighted by molar-refractivity contribution is 5.97. The van der Waals surface area contributed by atoms with Crippen LogP contribution in [0.2, 0.25) is 0 Å². The van der Waals surface area contributed by atoms with Crippen molar-refractivity contribution >= 4 is 17.3 Å². The van der Waals surface area contributed by atoms with Crippen LogP contribution in [0.1, 0.15) is 31.7 Å². The molecule has 0 spiro atoms. The van der Waals surface area contributed by atoms with Gasteiger partial charge < -0.3 is 10.1 Å². The lowest BCUT2D eigenvalue weighted by molar-refractivity contribution is -0.384. The number of nitro benzene ring substituents is 1.